The van der Waals surface area contributed by atoms with E-state index < -0.39 is 10.0 Å². The van der Waals surface area contributed by atoms with Crippen LogP contribution in [0.2, 0.25) is 5.02 Å². The van der Waals surface area contributed by atoms with E-state index >= 15 is 0 Å². The molecule has 1 heterocycles. The summed E-state index contributed by atoms with van der Waals surface area (Å²) in [6, 6.07) is 4.80. The first kappa shape index (κ1) is 15.3. The van der Waals surface area contributed by atoms with Crippen LogP contribution in [0.4, 0.5) is 5.69 Å². The van der Waals surface area contributed by atoms with Crippen LogP contribution >= 0.6 is 27.5 Å². The topological polar surface area (TPSA) is 101 Å². The van der Waals surface area contributed by atoms with Gasteiger partial charge < -0.3 is 5.73 Å². The average molecular weight is 380 g/mol. The van der Waals surface area contributed by atoms with E-state index in [1.807, 2.05) is 0 Å². The standard InChI is InChI=1S/C11H12BrClN4O2S/c1-6-8(5-14)11(16-15-6)20(18,19)17-10-4-7(13)2-3-9(10)12/h2-4,17H,5,14H2,1H3,(H,15,16). The molecule has 108 valence electrons. The molecule has 0 spiro atoms. The van der Waals surface area contributed by atoms with Crippen LogP contribution in [0, 0.1) is 6.92 Å². The van der Waals surface area contributed by atoms with Crippen LogP contribution in [-0.4, -0.2) is 18.6 Å². The van der Waals surface area contributed by atoms with E-state index in [9.17, 15) is 8.42 Å². The van der Waals surface area contributed by atoms with Crippen LogP contribution in [0.1, 0.15) is 11.3 Å². The number of sulfonamides is 1. The summed E-state index contributed by atoms with van der Waals surface area (Å²) >= 11 is 9.11. The van der Waals surface area contributed by atoms with E-state index in [4.69, 9.17) is 17.3 Å². The third kappa shape index (κ3) is 2.98. The number of hydrogen-bond donors (Lipinski definition) is 3. The van der Waals surface area contributed by atoms with Crippen molar-refractivity contribution in [1.82, 2.24) is 10.2 Å². The van der Waals surface area contributed by atoms with Gasteiger partial charge in [0.05, 0.1) is 5.69 Å². The SMILES string of the molecule is Cc1[nH]nc(S(=O)(=O)Nc2cc(Cl)ccc2Br)c1CN. The Balaban J connectivity index is 2.43. The zero-order valence-electron chi connectivity index (χ0n) is 10.4. The minimum absolute atomic E-state index is 0.0787. The molecule has 0 fully saturated rings. The number of aromatic amines is 1. The highest BCUT2D eigenvalue weighted by molar-refractivity contribution is 9.10. The highest BCUT2D eigenvalue weighted by Crippen LogP contribution is 2.28. The Kier molecular flexibility index (Phi) is 4.38. The second-order valence-corrected chi connectivity index (χ2v) is 6.95. The number of nitrogens with two attached hydrogens (primary N) is 1. The Morgan fingerprint density at radius 2 is 2.20 bits per heavy atom. The molecule has 2 rings (SSSR count). The van der Waals surface area contributed by atoms with Gasteiger partial charge in [0.2, 0.25) is 5.03 Å². The van der Waals surface area contributed by atoms with Gasteiger partial charge in [0, 0.05) is 27.3 Å². The number of halogens is 2. The number of benzene rings is 1. The van der Waals surface area contributed by atoms with Crippen LogP contribution < -0.4 is 10.5 Å². The van der Waals surface area contributed by atoms with E-state index in [-0.39, 0.29) is 11.6 Å². The van der Waals surface area contributed by atoms with Gasteiger partial charge in [0.15, 0.2) is 0 Å². The van der Waals surface area contributed by atoms with Crippen LogP contribution in [0.3, 0.4) is 0 Å². The Morgan fingerprint density at radius 1 is 1.50 bits per heavy atom. The number of H-pyrrole nitrogens is 1. The van der Waals surface area contributed by atoms with Gasteiger partial charge in [0.25, 0.3) is 10.0 Å². The lowest BCUT2D eigenvalue weighted by molar-refractivity contribution is 0.596. The van der Waals surface area contributed by atoms with Gasteiger partial charge in [-0.15, -0.1) is 0 Å². The van der Waals surface area contributed by atoms with Crippen molar-refractivity contribution in [2.24, 2.45) is 5.73 Å². The van der Waals surface area contributed by atoms with E-state index in [1.165, 1.54) is 6.07 Å². The van der Waals surface area contributed by atoms with Gasteiger partial charge in [0.1, 0.15) is 0 Å². The van der Waals surface area contributed by atoms with Crippen molar-refractivity contribution >= 4 is 43.2 Å². The lowest BCUT2D eigenvalue weighted by Gasteiger charge is -2.09. The molecule has 0 saturated carbocycles. The van der Waals surface area contributed by atoms with Gasteiger partial charge in [-0.05, 0) is 41.1 Å². The summed E-state index contributed by atoms with van der Waals surface area (Å²) in [7, 11) is -3.84. The molecule has 0 saturated heterocycles. The Hall–Kier alpha value is -1.09. The molecule has 1 aromatic heterocycles. The Morgan fingerprint density at radius 3 is 2.85 bits per heavy atom. The fourth-order valence-electron chi connectivity index (χ4n) is 1.66. The maximum Gasteiger partial charge on any atom is 0.281 e. The first-order chi connectivity index (χ1) is 9.35. The molecule has 0 bridgehead atoms. The molecular weight excluding hydrogens is 368 g/mol. The predicted octanol–water partition coefficient (Wildman–Crippen LogP) is 2.39. The number of nitrogens with one attached hydrogen (secondary N) is 2. The molecular formula is C11H12BrClN4O2S. The number of aryl methyl sites for hydroxylation is 1. The van der Waals surface area contributed by atoms with Gasteiger partial charge >= 0.3 is 0 Å². The number of anilines is 1. The number of aromatic nitrogens is 2. The lowest BCUT2D eigenvalue weighted by Crippen LogP contribution is -2.16. The van der Waals surface area contributed by atoms with Crippen molar-refractivity contribution in [3.63, 3.8) is 0 Å². The Labute approximate surface area is 129 Å². The van der Waals surface area contributed by atoms with Crippen LogP contribution in [0.25, 0.3) is 0 Å². The van der Waals surface area contributed by atoms with Gasteiger partial charge in [-0.3, -0.25) is 9.82 Å². The quantitative estimate of drug-likeness (QED) is 0.759. The molecule has 20 heavy (non-hydrogen) atoms. The molecule has 2 aromatic rings. The summed E-state index contributed by atoms with van der Waals surface area (Å²) in [5.74, 6) is 0. The predicted molar refractivity (Wildman–Crippen MR) is 81.2 cm³/mol. The molecule has 0 aliphatic rings. The number of rotatable bonds is 4. The van der Waals surface area contributed by atoms with Gasteiger partial charge in [-0.1, -0.05) is 11.6 Å². The molecule has 1 aromatic carbocycles. The summed E-state index contributed by atoms with van der Waals surface area (Å²) < 4.78 is 27.7. The molecule has 0 atom stereocenters. The zero-order chi connectivity index (χ0) is 14.9. The molecule has 0 amide bonds. The van der Waals surface area contributed by atoms with Crippen molar-refractivity contribution in [1.29, 1.82) is 0 Å². The second-order valence-electron chi connectivity index (χ2n) is 4.07. The summed E-state index contributed by atoms with van der Waals surface area (Å²) in [5.41, 5.74) is 6.97. The molecule has 0 radical (unpaired) electrons. The largest absolute Gasteiger partial charge is 0.326 e. The van der Waals surface area contributed by atoms with Crippen molar-refractivity contribution in [2.45, 2.75) is 18.5 Å². The summed E-state index contributed by atoms with van der Waals surface area (Å²) in [4.78, 5) is 0. The fourth-order valence-corrected chi connectivity index (χ4v) is 3.59. The van der Waals surface area contributed by atoms with Crippen LogP contribution in [0.5, 0.6) is 0 Å². The van der Waals surface area contributed by atoms with Crippen molar-refractivity contribution in [3.05, 3.63) is 39.0 Å². The normalized spacial score (nSPS) is 11.6. The second kappa shape index (κ2) is 5.72. The molecule has 6 nitrogen and oxygen atoms in total. The maximum atomic E-state index is 12.3. The third-order valence-corrected chi connectivity index (χ3v) is 4.93. The minimum Gasteiger partial charge on any atom is -0.326 e. The molecule has 0 aliphatic heterocycles. The van der Waals surface area contributed by atoms with E-state index in [1.54, 1.807) is 19.1 Å². The van der Waals surface area contributed by atoms with Crippen molar-refractivity contribution < 1.29 is 8.42 Å². The first-order valence-corrected chi connectivity index (χ1v) is 8.22. The van der Waals surface area contributed by atoms with Gasteiger partial charge in [-0.2, -0.15) is 13.5 Å². The van der Waals surface area contributed by atoms with E-state index in [0.717, 1.165) is 0 Å². The number of nitrogens with zero attached hydrogens (tertiary/aromatic N) is 1. The maximum absolute atomic E-state index is 12.3. The average Bonchev–Trinajstić information content (AvgIpc) is 2.75. The zero-order valence-corrected chi connectivity index (χ0v) is 13.6. The summed E-state index contributed by atoms with van der Waals surface area (Å²) in [5, 5.41) is 6.73. The van der Waals surface area contributed by atoms with E-state index in [0.29, 0.717) is 26.4 Å². The monoisotopic (exact) mass is 378 g/mol. The van der Waals surface area contributed by atoms with Crippen LogP contribution in [-0.2, 0) is 16.6 Å². The smallest absolute Gasteiger partial charge is 0.281 e. The minimum atomic E-state index is -3.84. The molecule has 4 N–H and O–H groups in total. The fraction of sp³-hybridized carbons (Fsp3) is 0.182. The molecule has 0 aliphatic carbocycles. The first-order valence-electron chi connectivity index (χ1n) is 5.57. The Bertz CT molecular complexity index is 745. The molecule has 9 heteroatoms. The third-order valence-electron chi connectivity index (χ3n) is 2.67. The highest BCUT2D eigenvalue weighted by atomic mass is 79.9. The lowest BCUT2D eigenvalue weighted by atomic mass is 10.3. The van der Waals surface area contributed by atoms with Crippen molar-refractivity contribution in [2.75, 3.05) is 4.72 Å². The number of hydrogen-bond acceptors (Lipinski definition) is 4. The van der Waals surface area contributed by atoms with Crippen molar-refractivity contribution in [3.8, 4) is 0 Å². The summed E-state index contributed by atoms with van der Waals surface area (Å²) in [6.07, 6.45) is 0. The van der Waals surface area contributed by atoms with E-state index in [2.05, 4.69) is 30.8 Å². The van der Waals surface area contributed by atoms with Crippen LogP contribution in [0.15, 0.2) is 27.7 Å². The van der Waals surface area contributed by atoms with Gasteiger partial charge in [-0.25, -0.2) is 0 Å². The molecule has 0 unspecified atom stereocenters. The highest BCUT2D eigenvalue weighted by Gasteiger charge is 2.23. The summed E-state index contributed by atoms with van der Waals surface area (Å²) in [6.45, 7) is 1.79.